The quantitative estimate of drug-likeness (QED) is 0.784. The average molecular weight is 279 g/mol. The molecule has 0 amide bonds. The Labute approximate surface area is 123 Å². The van der Waals surface area contributed by atoms with Crippen LogP contribution in [0.4, 0.5) is 5.82 Å². The molecule has 0 radical (unpaired) electrons. The molecule has 0 saturated heterocycles. The number of aryl methyl sites for hydroxylation is 1. The highest BCUT2D eigenvalue weighted by molar-refractivity contribution is 5.57. The predicted molar refractivity (Wildman–Crippen MR) is 82.1 cm³/mol. The zero-order chi connectivity index (χ0) is 14.2. The SMILES string of the molecule is Cn1ccnc1-c1cc2n(n1)C(c1ccccc1)CCN2. The second kappa shape index (κ2) is 4.77. The fourth-order valence-corrected chi connectivity index (χ4v) is 2.93. The molecule has 106 valence electrons. The predicted octanol–water partition coefficient (Wildman–Crippen LogP) is 2.69. The fourth-order valence-electron chi connectivity index (χ4n) is 2.93. The topological polar surface area (TPSA) is 47.7 Å². The molecule has 0 bridgehead atoms. The first-order chi connectivity index (χ1) is 10.3. The van der Waals surface area contributed by atoms with Crippen molar-refractivity contribution in [1.82, 2.24) is 19.3 Å². The second-order valence-electron chi connectivity index (χ2n) is 5.36. The molecule has 0 spiro atoms. The van der Waals surface area contributed by atoms with Crippen LogP contribution in [0.25, 0.3) is 11.5 Å². The molecule has 5 heteroatoms. The van der Waals surface area contributed by atoms with Gasteiger partial charge in [0.05, 0.1) is 6.04 Å². The summed E-state index contributed by atoms with van der Waals surface area (Å²) >= 11 is 0. The first-order valence-electron chi connectivity index (χ1n) is 7.19. The van der Waals surface area contributed by atoms with Crippen molar-refractivity contribution in [1.29, 1.82) is 0 Å². The number of rotatable bonds is 2. The Morgan fingerprint density at radius 1 is 1.24 bits per heavy atom. The van der Waals surface area contributed by atoms with Crippen molar-refractivity contribution in [3.63, 3.8) is 0 Å². The molecule has 1 unspecified atom stereocenters. The molecule has 1 aliphatic rings. The van der Waals surface area contributed by atoms with Gasteiger partial charge in [-0.15, -0.1) is 0 Å². The van der Waals surface area contributed by atoms with Gasteiger partial charge in [-0.3, -0.25) is 0 Å². The van der Waals surface area contributed by atoms with Gasteiger partial charge < -0.3 is 9.88 Å². The van der Waals surface area contributed by atoms with E-state index in [2.05, 4.69) is 45.3 Å². The summed E-state index contributed by atoms with van der Waals surface area (Å²) in [5, 5.41) is 8.21. The van der Waals surface area contributed by atoms with E-state index in [1.807, 2.05) is 23.9 Å². The molecule has 1 aromatic carbocycles. The van der Waals surface area contributed by atoms with Crippen LogP contribution in [0.5, 0.6) is 0 Å². The third kappa shape index (κ3) is 2.01. The van der Waals surface area contributed by atoms with Gasteiger partial charge in [0.15, 0.2) is 5.82 Å². The van der Waals surface area contributed by atoms with E-state index >= 15 is 0 Å². The lowest BCUT2D eigenvalue weighted by molar-refractivity contribution is 0.482. The Morgan fingerprint density at radius 3 is 2.86 bits per heavy atom. The Kier molecular flexibility index (Phi) is 2.77. The maximum Gasteiger partial charge on any atom is 0.160 e. The van der Waals surface area contributed by atoms with Crippen LogP contribution in [-0.2, 0) is 7.05 Å². The standard InChI is InChI=1S/C16H17N5/c1-20-10-9-18-16(20)13-11-15-17-8-7-14(21(15)19-13)12-5-3-2-4-6-12/h2-6,9-11,14,17H,7-8H2,1H3. The van der Waals surface area contributed by atoms with Crippen LogP contribution >= 0.6 is 0 Å². The summed E-state index contributed by atoms with van der Waals surface area (Å²) in [6, 6.07) is 12.9. The van der Waals surface area contributed by atoms with E-state index in [1.54, 1.807) is 6.20 Å². The van der Waals surface area contributed by atoms with E-state index in [1.165, 1.54) is 5.56 Å². The monoisotopic (exact) mass is 279 g/mol. The van der Waals surface area contributed by atoms with Crippen molar-refractivity contribution in [3.8, 4) is 11.5 Å². The van der Waals surface area contributed by atoms with Crippen molar-refractivity contribution in [3.05, 3.63) is 54.4 Å². The average Bonchev–Trinajstić information content (AvgIpc) is 3.13. The number of hydrogen-bond acceptors (Lipinski definition) is 3. The number of anilines is 1. The molecule has 21 heavy (non-hydrogen) atoms. The van der Waals surface area contributed by atoms with E-state index in [0.29, 0.717) is 0 Å². The first kappa shape index (κ1) is 12.2. The van der Waals surface area contributed by atoms with Crippen LogP contribution < -0.4 is 5.32 Å². The number of imidazole rings is 1. The second-order valence-corrected chi connectivity index (χ2v) is 5.36. The normalized spacial score (nSPS) is 17.3. The van der Waals surface area contributed by atoms with Gasteiger partial charge in [-0.2, -0.15) is 5.10 Å². The highest BCUT2D eigenvalue weighted by Crippen LogP contribution is 2.31. The van der Waals surface area contributed by atoms with Gasteiger partial charge in [0, 0.05) is 32.1 Å². The minimum absolute atomic E-state index is 0.288. The number of hydrogen-bond donors (Lipinski definition) is 1. The zero-order valence-electron chi connectivity index (χ0n) is 11.9. The van der Waals surface area contributed by atoms with E-state index in [4.69, 9.17) is 5.10 Å². The van der Waals surface area contributed by atoms with Crippen LogP contribution in [-0.4, -0.2) is 25.9 Å². The van der Waals surface area contributed by atoms with Gasteiger partial charge in [-0.1, -0.05) is 30.3 Å². The maximum absolute atomic E-state index is 4.78. The largest absolute Gasteiger partial charge is 0.370 e. The van der Waals surface area contributed by atoms with Crippen LogP contribution in [0, 0.1) is 0 Å². The molecule has 1 aliphatic heterocycles. The van der Waals surface area contributed by atoms with Gasteiger partial charge in [-0.25, -0.2) is 9.67 Å². The highest BCUT2D eigenvalue weighted by atomic mass is 15.4. The number of aromatic nitrogens is 4. The Bertz CT molecular complexity index is 756. The summed E-state index contributed by atoms with van der Waals surface area (Å²) < 4.78 is 4.08. The summed E-state index contributed by atoms with van der Waals surface area (Å²) in [4.78, 5) is 4.39. The number of benzene rings is 1. The van der Waals surface area contributed by atoms with Gasteiger partial charge in [-0.05, 0) is 12.0 Å². The zero-order valence-corrected chi connectivity index (χ0v) is 11.9. The van der Waals surface area contributed by atoms with Crippen molar-refractivity contribution < 1.29 is 0 Å². The van der Waals surface area contributed by atoms with Crippen molar-refractivity contribution >= 4 is 5.82 Å². The number of nitrogens with zero attached hydrogens (tertiary/aromatic N) is 4. The third-order valence-corrected chi connectivity index (χ3v) is 3.99. The fraction of sp³-hybridized carbons (Fsp3) is 0.250. The van der Waals surface area contributed by atoms with Crippen LogP contribution in [0.3, 0.4) is 0 Å². The summed E-state index contributed by atoms with van der Waals surface area (Å²) in [7, 11) is 1.99. The summed E-state index contributed by atoms with van der Waals surface area (Å²) in [5.41, 5.74) is 2.21. The molecule has 1 atom stereocenters. The van der Waals surface area contributed by atoms with Crippen LogP contribution in [0.1, 0.15) is 18.0 Å². The van der Waals surface area contributed by atoms with Crippen LogP contribution in [0.2, 0.25) is 0 Å². The minimum atomic E-state index is 0.288. The maximum atomic E-state index is 4.78. The van der Waals surface area contributed by atoms with E-state index in [-0.39, 0.29) is 6.04 Å². The lowest BCUT2D eigenvalue weighted by atomic mass is 10.0. The van der Waals surface area contributed by atoms with E-state index in [0.717, 1.165) is 30.3 Å². The molecule has 3 aromatic rings. The molecule has 2 aromatic heterocycles. The van der Waals surface area contributed by atoms with Gasteiger partial charge in [0.1, 0.15) is 11.5 Å². The Morgan fingerprint density at radius 2 is 2.10 bits per heavy atom. The lowest BCUT2D eigenvalue weighted by Gasteiger charge is -2.25. The molecular formula is C16H17N5. The van der Waals surface area contributed by atoms with Gasteiger partial charge in [0.2, 0.25) is 0 Å². The van der Waals surface area contributed by atoms with E-state index < -0.39 is 0 Å². The lowest BCUT2D eigenvalue weighted by Crippen LogP contribution is -2.24. The first-order valence-corrected chi connectivity index (χ1v) is 7.19. The molecule has 1 N–H and O–H groups in total. The molecule has 5 nitrogen and oxygen atoms in total. The Hall–Kier alpha value is -2.56. The minimum Gasteiger partial charge on any atom is -0.370 e. The molecular weight excluding hydrogens is 262 g/mol. The van der Waals surface area contributed by atoms with Crippen molar-refractivity contribution in [2.75, 3.05) is 11.9 Å². The van der Waals surface area contributed by atoms with Crippen molar-refractivity contribution in [2.24, 2.45) is 7.05 Å². The van der Waals surface area contributed by atoms with Crippen molar-refractivity contribution in [2.45, 2.75) is 12.5 Å². The van der Waals surface area contributed by atoms with Crippen LogP contribution in [0.15, 0.2) is 48.8 Å². The number of fused-ring (bicyclic) bond motifs is 1. The number of nitrogens with one attached hydrogen (secondary N) is 1. The van der Waals surface area contributed by atoms with E-state index in [9.17, 15) is 0 Å². The summed E-state index contributed by atoms with van der Waals surface area (Å²) in [6.07, 6.45) is 4.78. The third-order valence-electron chi connectivity index (χ3n) is 3.99. The van der Waals surface area contributed by atoms with Gasteiger partial charge >= 0.3 is 0 Å². The molecule has 0 aliphatic carbocycles. The smallest absolute Gasteiger partial charge is 0.160 e. The highest BCUT2D eigenvalue weighted by Gasteiger charge is 2.24. The molecule has 4 rings (SSSR count). The molecule has 3 heterocycles. The molecule has 0 fully saturated rings. The summed E-state index contributed by atoms with van der Waals surface area (Å²) in [6.45, 7) is 0.964. The Balaban J connectivity index is 1.79. The summed E-state index contributed by atoms with van der Waals surface area (Å²) in [5.74, 6) is 1.96. The molecule has 0 saturated carbocycles. The van der Waals surface area contributed by atoms with Gasteiger partial charge in [0.25, 0.3) is 0 Å².